The monoisotopic (exact) mass is 572 g/mol. The molecule has 2 aromatic heterocycles. The van der Waals surface area contributed by atoms with Crippen molar-refractivity contribution in [1.29, 1.82) is 0 Å². The summed E-state index contributed by atoms with van der Waals surface area (Å²) in [6, 6.07) is 6.52. The molecule has 2 aromatic carbocycles. The van der Waals surface area contributed by atoms with Crippen LogP contribution in [0.4, 0.5) is 20.5 Å². The zero-order chi connectivity index (χ0) is 29.6. The van der Waals surface area contributed by atoms with Crippen LogP contribution in [0.25, 0.3) is 32.9 Å². The molecule has 10 heteroatoms. The van der Waals surface area contributed by atoms with Crippen LogP contribution in [-0.2, 0) is 10.3 Å². The van der Waals surface area contributed by atoms with Crippen LogP contribution in [0.3, 0.4) is 0 Å². The average Bonchev–Trinajstić information content (AvgIpc) is 3.49. The molecule has 2 aliphatic heterocycles. The molecule has 4 aromatic rings. The van der Waals surface area contributed by atoms with Crippen LogP contribution in [0, 0.1) is 24.0 Å². The number of fused-ring (bicyclic) bond motifs is 2. The summed E-state index contributed by atoms with van der Waals surface area (Å²) in [5.74, 6) is 2.16. The van der Waals surface area contributed by atoms with Gasteiger partial charge < -0.3 is 25.0 Å². The average molecular weight is 573 g/mol. The quantitative estimate of drug-likeness (QED) is 0.330. The molecular formula is C32H34F2N6O2. The fourth-order valence-corrected chi connectivity index (χ4v) is 5.87. The zero-order valence-corrected chi connectivity index (χ0v) is 24.0. The second kappa shape index (κ2) is 11.1. The molecule has 0 saturated carbocycles. The minimum Gasteiger partial charge on any atom is -0.386 e. The van der Waals surface area contributed by atoms with Crippen molar-refractivity contribution in [1.82, 2.24) is 20.3 Å². The number of terminal acetylenes is 1. The lowest BCUT2D eigenvalue weighted by molar-refractivity contribution is 0.0788. The molecule has 4 heterocycles. The topological polar surface area (TPSA) is 86.6 Å². The predicted molar refractivity (Wildman–Crippen MR) is 161 cm³/mol. The van der Waals surface area contributed by atoms with E-state index in [0.29, 0.717) is 72.4 Å². The molecule has 0 radical (unpaired) electrons. The van der Waals surface area contributed by atoms with E-state index in [9.17, 15) is 9.50 Å². The Morgan fingerprint density at radius 3 is 2.69 bits per heavy atom. The molecule has 6 rings (SSSR count). The lowest BCUT2D eigenvalue weighted by Gasteiger charge is -2.29. The summed E-state index contributed by atoms with van der Waals surface area (Å²) in [4.78, 5) is 18.2. The van der Waals surface area contributed by atoms with Crippen LogP contribution in [0.15, 0.2) is 30.5 Å². The van der Waals surface area contributed by atoms with Gasteiger partial charge in [-0.1, -0.05) is 12.0 Å². The number of benzene rings is 2. The molecule has 2 aliphatic rings. The minimum atomic E-state index is -1.25. The van der Waals surface area contributed by atoms with Gasteiger partial charge in [-0.05, 0) is 62.4 Å². The number of hydrogen-bond acceptors (Lipinski definition) is 8. The third-order valence-corrected chi connectivity index (χ3v) is 8.14. The van der Waals surface area contributed by atoms with Crippen molar-refractivity contribution in [2.45, 2.75) is 38.3 Å². The van der Waals surface area contributed by atoms with Gasteiger partial charge in [-0.2, -0.15) is 4.98 Å². The highest BCUT2D eigenvalue weighted by atomic mass is 19.1. The summed E-state index contributed by atoms with van der Waals surface area (Å²) in [6.45, 7) is 7.16. The van der Waals surface area contributed by atoms with Crippen LogP contribution >= 0.6 is 0 Å². The molecule has 2 fully saturated rings. The first-order valence-corrected chi connectivity index (χ1v) is 14.2. The van der Waals surface area contributed by atoms with E-state index >= 15 is 4.39 Å². The molecule has 42 heavy (non-hydrogen) atoms. The van der Waals surface area contributed by atoms with Gasteiger partial charge in [-0.25, -0.2) is 13.8 Å². The van der Waals surface area contributed by atoms with E-state index in [1.165, 1.54) is 6.07 Å². The Morgan fingerprint density at radius 2 is 2.00 bits per heavy atom. The number of aliphatic hydroxyl groups is 1. The molecule has 0 aliphatic carbocycles. The van der Waals surface area contributed by atoms with Gasteiger partial charge in [0.2, 0.25) is 5.95 Å². The number of halogens is 2. The van der Waals surface area contributed by atoms with Gasteiger partial charge in [0, 0.05) is 49.9 Å². The molecule has 218 valence electrons. The number of likely N-dealkylation sites (N-methyl/N-ethyl adjacent to an activating group) is 1. The highest BCUT2D eigenvalue weighted by Crippen LogP contribution is 2.39. The molecule has 1 atom stereocenters. The van der Waals surface area contributed by atoms with Crippen LogP contribution in [0.5, 0.6) is 0 Å². The van der Waals surface area contributed by atoms with E-state index in [4.69, 9.17) is 21.1 Å². The highest BCUT2D eigenvalue weighted by Gasteiger charge is 2.27. The van der Waals surface area contributed by atoms with Crippen LogP contribution in [-0.4, -0.2) is 72.5 Å². The summed E-state index contributed by atoms with van der Waals surface area (Å²) in [6.07, 6.45) is 9.48. The summed E-state index contributed by atoms with van der Waals surface area (Å²) < 4.78 is 37.2. The molecule has 8 nitrogen and oxygen atoms in total. The van der Waals surface area contributed by atoms with Gasteiger partial charge in [-0.3, -0.25) is 4.98 Å². The fourth-order valence-electron chi connectivity index (χ4n) is 5.87. The van der Waals surface area contributed by atoms with E-state index < -0.39 is 17.2 Å². The first-order valence-electron chi connectivity index (χ1n) is 14.2. The molecule has 0 bridgehead atoms. The van der Waals surface area contributed by atoms with Gasteiger partial charge in [0.15, 0.2) is 5.82 Å². The largest absolute Gasteiger partial charge is 0.386 e. The van der Waals surface area contributed by atoms with Crippen LogP contribution < -0.4 is 15.1 Å². The van der Waals surface area contributed by atoms with Gasteiger partial charge in [0.25, 0.3) is 0 Å². The number of nitrogens with zero attached hydrogens (tertiary/aromatic N) is 5. The maximum Gasteiger partial charge on any atom is 0.228 e. The first kappa shape index (κ1) is 28.2. The molecule has 2 N–H and O–H groups in total. The standard InChI is InChI=1S/C32H34F2N6O2/c1-5-22-25(33)9-8-19-15-20(32(2,3)41)16-23(26(19)22)28-27(34)29-24(17-36-28)30(39(4)18-21-7-6-10-35-21)38-31(37-29)40-11-13-42-14-12-40/h1,8-9,15-17,21,35,41H,6-7,10-14,18H2,2-4H3/t21-/m1/s1. The smallest absolute Gasteiger partial charge is 0.228 e. The summed E-state index contributed by atoms with van der Waals surface area (Å²) in [5.41, 5.74) is -0.365. The van der Waals surface area contributed by atoms with Crippen molar-refractivity contribution < 1.29 is 18.6 Å². The maximum absolute atomic E-state index is 16.8. The van der Waals surface area contributed by atoms with Crippen molar-refractivity contribution in [2.75, 3.05) is 56.2 Å². The molecule has 0 unspecified atom stereocenters. The Balaban J connectivity index is 1.59. The number of anilines is 2. The Labute approximate surface area is 243 Å². The van der Waals surface area contributed by atoms with E-state index in [0.717, 1.165) is 19.4 Å². The van der Waals surface area contributed by atoms with E-state index in [1.807, 2.05) is 16.8 Å². The fraction of sp³-hybridized carbons (Fsp3) is 0.406. The predicted octanol–water partition coefficient (Wildman–Crippen LogP) is 4.36. The molecule has 0 spiro atoms. The number of pyridine rings is 1. The molecule has 0 amide bonds. The van der Waals surface area contributed by atoms with Gasteiger partial charge in [-0.15, -0.1) is 6.42 Å². The number of morpholine rings is 1. The van der Waals surface area contributed by atoms with Gasteiger partial charge in [0.1, 0.15) is 22.8 Å². The van der Waals surface area contributed by atoms with E-state index in [1.54, 1.807) is 38.2 Å². The van der Waals surface area contributed by atoms with Crippen LogP contribution in [0.2, 0.25) is 0 Å². The number of hydrogen-bond donors (Lipinski definition) is 2. The second-order valence-corrected chi connectivity index (χ2v) is 11.6. The van der Waals surface area contributed by atoms with Crippen molar-refractivity contribution in [3.05, 3.63) is 53.2 Å². The molecular weight excluding hydrogens is 538 g/mol. The Kier molecular flexibility index (Phi) is 7.43. The molecule has 2 saturated heterocycles. The Morgan fingerprint density at radius 1 is 1.21 bits per heavy atom. The Bertz CT molecular complexity index is 1700. The van der Waals surface area contributed by atoms with Gasteiger partial charge in [0.05, 0.1) is 29.8 Å². The summed E-state index contributed by atoms with van der Waals surface area (Å²) in [5, 5.41) is 15.8. The summed E-state index contributed by atoms with van der Waals surface area (Å²) in [7, 11) is 1.94. The SMILES string of the molecule is C#Cc1c(F)ccc2cc(C(C)(C)O)cc(-c3ncc4c(N(C)C[C@H]5CCCN5)nc(N5CCOCC5)nc4c3F)c12. The first-order chi connectivity index (χ1) is 20.2. The Hall–Kier alpha value is -3.91. The highest BCUT2D eigenvalue weighted by molar-refractivity contribution is 6.02. The van der Waals surface area contributed by atoms with Crippen molar-refractivity contribution >= 4 is 33.4 Å². The van der Waals surface area contributed by atoms with Crippen molar-refractivity contribution in [3.8, 4) is 23.6 Å². The number of rotatable bonds is 6. The van der Waals surface area contributed by atoms with Crippen LogP contribution in [0.1, 0.15) is 37.8 Å². The lowest BCUT2D eigenvalue weighted by atomic mass is 9.89. The second-order valence-electron chi connectivity index (χ2n) is 11.6. The third-order valence-electron chi connectivity index (χ3n) is 8.14. The lowest BCUT2D eigenvalue weighted by Crippen LogP contribution is -2.38. The third kappa shape index (κ3) is 5.13. The zero-order valence-electron chi connectivity index (χ0n) is 24.0. The van der Waals surface area contributed by atoms with E-state index in [-0.39, 0.29) is 22.3 Å². The number of ether oxygens (including phenoxy) is 1. The normalized spacial score (nSPS) is 17.6. The minimum absolute atomic E-state index is 0.00673. The van der Waals surface area contributed by atoms with E-state index in [2.05, 4.69) is 16.2 Å². The summed E-state index contributed by atoms with van der Waals surface area (Å²) >= 11 is 0. The van der Waals surface area contributed by atoms with Crippen molar-refractivity contribution in [3.63, 3.8) is 0 Å². The van der Waals surface area contributed by atoms with Gasteiger partial charge >= 0.3 is 0 Å². The number of nitrogens with one attached hydrogen (secondary N) is 1. The number of aromatic nitrogens is 3. The maximum atomic E-state index is 16.8. The van der Waals surface area contributed by atoms with Crippen molar-refractivity contribution in [2.24, 2.45) is 0 Å².